The van der Waals surface area contributed by atoms with E-state index in [0.717, 1.165) is 95.3 Å². The van der Waals surface area contributed by atoms with Gasteiger partial charge in [0.05, 0.1) is 28.2 Å². The topological polar surface area (TPSA) is 78.8 Å². The SMILES string of the molecule is CC.CC.CC.CC.CC.CC.CCc1cc2sc(C)c(C)c2o1.CCc1oc2cc(C)sc2c1C.CCc1oc2ccsc2c1C.Cc1c(Cl)oc2ccsc12.Cc1cc2oc(Cl)cc2s1.Cc1csc2cc(Cl)oc12. The first-order chi connectivity index (χ1) is 37.1. The van der Waals surface area contributed by atoms with Gasteiger partial charge in [-0.15, -0.1) is 68.0 Å². The van der Waals surface area contributed by atoms with Gasteiger partial charge in [-0.05, 0) is 137 Å². The van der Waals surface area contributed by atoms with Crippen molar-refractivity contribution in [1.29, 1.82) is 0 Å². The molecule has 0 spiro atoms. The van der Waals surface area contributed by atoms with E-state index in [2.05, 4.69) is 78.3 Å². The Morgan fingerprint density at radius 2 is 0.896 bits per heavy atom. The minimum atomic E-state index is 0.473. The molecule has 12 heterocycles. The third-order valence-electron chi connectivity index (χ3n) is 10.5. The summed E-state index contributed by atoms with van der Waals surface area (Å²) < 4.78 is 39.9. The summed E-state index contributed by atoms with van der Waals surface area (Å²) in [6.45, 7) is 47.0. The molecule has 0 fully saturated rings. The van der Waals surface area contributed by atoms with Gasteiger partial charge in [0.15, 0.2) is 15.7 Å². The van der Waals surface area contributed by atoms with E-state index in [9.17, 15) is 0 Å². The van der Waals surface area contributed by atoms with Crippen LogP contribution in [-0.4, -0.2) is 0 Å². The summed E-state index contributed by atoms with van der Waals surface area (Å²) in [5.41, 5.74) is 12.1. The van der Waals surface area contributed by atoms with E-state index in [1.54, 1.807) is 45.3 Å². The Morgan fingerprint density at radius 3 is 1.39 bits per heavy atom. The van der Waals surface area contributed by atoms with Gasteiger partial charge in [0.25, 0.3) is 0 Å². The second-order valence-electron chi connectivity index (χ2n) is 15.1. The van der Waals surface area contributed by atoms with E-state index in [1.165, 1.54) is 45.4 Å². The monoisotopic (exact) mass is 1220 g/mol. The standard InChI is InChI=1S/2C10H12OS.C9H10OS.3C7H5ClOS.6C2H6/c1-4-8-5-9-10(11-8)6(2)7(3)12-9;1-4-8-7(3)10-9(11-8)5-6(2)12-10;1-3-7-6(2)9-8(10-7)4-5-11-9;1-4-3-10-5-2-6(8)9-7(4)5;1-4-2-5-6(10-4)3-7(8)9-5;1-4-6-5(2-3-10-6)9-7(4)8;6*1-2/h2*5H,4H2,1-3H3;4-5H,3H2,1-2H3;3*2-3H,1H3;6*1-2H3. The Balaban J connectivity index is 0.000000444. The average molecular weight is 1230 g/mol. The quantitative estimate of drug-likeness (QED) is 0.175. The van der Waals surface area contributed by atoms with Gasteiger partial charge in [0.2, 0.25) is 0 Å². The molecule has 0 saturated heterocycles. The van der Waals surface area contributed by atoms with Crippen LogP contribution in [0.4, 0.5) is 0 Å². The summed E-state index contributed by atoms with van der Waals surface area (Å²) in [5, 5.41) is 7.59. The molecule has 0 aliphatic rings. The molecule has 0 amide bonds. The smallest absolute Gasteiger partial charge is 0.198 e. The molecule has 77 heavy (non-hydrogen) atoms. The van der Waals surface area contributed by atoms with Crippen LogP contribution in [0.5, 0.6) is 0 Å². The van der Waals surface area contributed by atoms with E-state index in [0.29, 0.717) is 15.7 Å². The van der Waals surface area contributed by atoms with Crippen molar-refractivity contribution in [3.05, 3.63) is 134 Å². The first-order valence-corrected chi connectivity index (χ1v) is 33.1. The van der Waals surface area contributed by atoms with Gasteiger partial charge < -0.3 is 26.5 Å². The zero-order valence-electron chi connectivity index (χ0n) is 49.9. The highest BCUT2D eigenvalue weighted by Crippen LogP contribution is 2.36. The summed E-state index contributed by atoms with van der Waals surface area (Å²) in [5.74, 6) is 3.36. The van der Waals surface area contributed by atoms with Crippen molar-refractivity contribution in [3.63, 3.8) is 0 Å². The van der Waals surface area contributed by atoms with Crippen LogP contribution in [0.2, 0.25) is 15.7 Å². The van der Waals surface area contributed by atoms with Crippen LogP contribution in [0.3, 0.4) is 0 Å². The van der Waals surface area contributed by atoms with Crippen molar-refractivity contribution in [2.45, 2.75) is 179 Å². The highest BCUT2D eigenvalue weighted by atomic mass is 35.5. The lowest BCUT2D eigenvalue weighted by Gasteiger charge is -1.89. The molecule has 0 saturated carbocycles. The lowest BCUT2D eigenvalue weighted by atomic mass is 10.2. The molecule has 0 aliphatic heterocycles. The van der Waals surface area contributed by atoms with Gasteiger partial charge in [-0.3, -0.25) is 0 Å². The summed E-state index contributed by atoms with van der Waals surface area (Å²) in [6.07, 6.45) is 2.97. The Labute approximate surface area is 499 Å². The second-order valence-corrected chi connectivity index (χ2v) is 22.8. The van der Waals surface area contributed by atoms with Crippen LogP contribution in [0.25, 0.3) is 61.7 Å². The maximum atomic E-state index is 5.73. The second kappa shape index (κ2) is 37.3. The molecule has 6 nitrogen and oxygen atoms in total. The fraction of sp³-hybridized carbons (Fsp3) is 0.419. The molecular weight excluding hydrogens is 1140 g/mol. The van der Waals surface area contributed by atoms with Gasteiger partial charge in [-0.25, -0.2) is 0 Å². The molecule has 0 bridgehead atoms. The van der Waals surface area contributed by atoms with Crippen LogP contribution < -0.4 is 0 Å². The third-order valence-corrected chi connectivity index (χ3v) is 17.5. The number of aryl methyl sites for hydroxylation is 11. The lowest BCUT2D eigenvalue weighted by Crippen LogP contribution is -1.76. The fourth-order valence-corrected chi connectivity index (χ4v) is 13.1. The maximum absolute atomic E-state index is 5.73. The molecule has 0 aliphatic carbocycles. The fourth-order valence-electron chi connectivity index (χ4n) is 6.92. The number of hydrogen-bond acceptors (Lipinski definition) is 12. The van der Waals surface area contributed by atoms with E-state index >= 15 is 0 Å². The van der Waals surface area contributed by atoms with Crippen molar-refractivity contribution in [3.8, 4) is 0 Å². The average Bonchev–Trinajstić information content (AvgIpc) is 4.31. The summed E-state index contributed by atoms with van der Waals surface area (Å²) in [7, 11) is 0. The summed E-state index contributed by atoms with van der Waals surface area (Å²) in [6, 6.07) is 13.9. The number of rotatable bonds is 3. The van der Waals surface area contributed by atoms with E-state index in [1.807, 2.05) is 162 Å². The minimum absolute atomic E-state index is 0.473. The predicted molar refractivity (Wildman–Crippen MR) is 354 cm³/mol. The van der Waals surface area contributed by atoms with Gasteiger partial charge in [0, 0.05) is 73.8 Å². The van der Waals surface area contributed by atoms with E-state index in [4.69, 9.17) is 61.3 Å². The van der Waals surface area contributed by atoms with Crippen molar-refractivity contribution in [1.82, 2.24) is 0 Å². The Kier molecular flexibility index (Phi) is 34.5. The van der Waals surface area contributed by atoms with Gasteiger partial charge in [-0.1, -0.05) is 104 Å². The number of fused-ring (bicyclic) bond motifs is 6. The number of halogens is 3. The van der Waals surface area contributed by atoms with Crippen molar-refractivity contribution in [2.24, 2.45) is 0 Å². The summed E-state index contributed by atoms with van der Waals surface area (Å²) >= 11 is 27.4. The Morgan fingerprint density at radius 1 is 0.403 bits per heavy atom. The first kappa shape index (κ1) is 71.3. The zero-order valence-corrected chi connectivity index (χ0v) is 57.1. The van der Waals surface area contributed by atoms with Crippen LogP contribution in [-0.2, 0) is 19.3 Å². The van der Waals surface area contributed by atoms with Crippen molar-refractivity contribution >= 4 is 165 Å². The van der Waals surface area contributed by atoms with Crippen LogP contribution >= 0.6 is 103 Å². The molecule has 15 heteroatoms. The zero-order chi connectivity index (χ0) is 58.7. The van der Waals surface area contributed by atoms with E-state index in [-0.39, 0.29) is 0 Å². The molecule has 12 aromatic heterocycles. The van der Waals surface area contributed by atoms with Gasteiger partial charge >= 0.3 is 0 Å². The van der Waals surface area contributed by atoms with Crippen LogP contribution in [0.15, 0.2) is 85.1 Å². The van der Waals surface area contributed by atoms with E-state index < -0.39 is 0 Å². The van der Waals surface area contributed by atoms with Crippen molar-refractivity contribution < 1.29 is 26.5 Å². The number of hydrogen-bond donors (Lipinski definition) is 0. The molecule has 0 aromatic carbocycles. The molecule has 12 aromatic rings. The molecule has 12 rings (SSSR count). The molecule has 0 radical (unpaired) electrons. The summed E-state index contributed by atoms with van der Waals surface area (Å²) in [4.78, 5) is 3.95. The molecule has 0 N–H and O–H groups in total. The molecule has 0 atom stereocenters. The third kappa shape index (κ3) is 19.5. The van der Waals surface area contributed by atoms with Gasteiger partial charge in [0.1, 0.15) is 50.8 Å². The predicted octanol–water partition coefficient (Wildman–Crippen LogP) is 27.2. The molecule has 0 unspecified atom stereocenters. The lowest BCUT2D eigenvalue weighted by molar-refractivity contribution is 0.553. The molecular formula is C62H85Cl3O6S6. The number of thiophene rings is 6. The van der Waals surface area contributed by atoms with Crippen LogP contribution in [0, 0.1) is 55.4 Å². The maximum Gasteiger partial charge on any atom is 0.198 e. The largest absolute Gasteiger partial charge is 0.460 e. The highest BCUT2D eigenvalue weighted by Gasteiger charge is 2.13. The minimum Gasteiger partial charge on any atom is -0.460 e. The Bertz CT molecular complexity index is 3380. The molecule has 426 valence electrons. The Hall–Kier alpha value is -3.69. The van der Waals surface area contributed by atoms with Crippen LogP contribution in [0.1, 0.15) is 164 Å². The highest BCUT2D eigenvalue weighted by molar-refractivity contribution is 7.20. The van der Waals surface area contributed by atoms with Gasteiger partial charge in [-0.2, -0.15) is 0 Å². The number of furan rings is 6. The normalized spacial score (nSPS) is 9.84. The van der Waals surface area contributed by atoms with Crippen molar-refractivity contribution in [2.75, 3.05) is 0 Å². The first-order valence-electron chi connectivity index (χ1n) is 26.9.